The molecule has 0 spiro atoms. The van der Waals surface area contributed by atoms with Crippen LogP contribution in [-0.2, 0) is 11.3 Å². The summed E-state index contributed by atoms with van der Waals surface area (Å²) in [6.07, 6.45) is 0.00878. The zero-order chi connectivity index (χ0) is 22.9. The molecule has 1 aliphatic heterocycles. The van der Waals surface area contributed by atoms with Crippen LogP contribution in [0.2, 0.25) is 0 Å². The second-order valence-electron chi connectivity index (χ2n) is 7.74. The van der Waals surface area contributed by atoms with Crippen LogP contribution in [0.3, 0.4) is 0 Å². The Balaban J connectivity index is 1.49. The molecule has 2 atom stereocenters. The Morgan fingerprint density at radius 2 is 1.94 bits per heavy atom. The van der Waals surface area contributed by atoms with E-state index in [4.69, 9.17) is 18.9 Å². The lowest BCUT2D eigenvalue weighted by Gasteiger charge is -2.23. The normalized spacial score (nSPS) is 16.8. The first-order valence-corrected chi connectivity index (χ1v) is 10.8. The lowest BCUT2D eigenvalue weighted by atomic mass is 10.2. The number of hydrogen-bond donors (Lipinski definition) is 2. The molecule has 0 fully saturated rings. The summed E-state index contributed by atoms with van der Waals surface area (Å²) < 4.78 is 22.2. The lowest BCUT2D eigenvalue weighted by Crippen LogP contribution is -2.43. The first-order valence-electron chi connectivity index (χ1n) is 10.8. The Hall–Kier alpha value is -2.97. The third-order valence-electron chi connectivity index (χ3n) is 5.26. The molecule has 0 unspecified atom stereocenters. The van der Waals surface area contributed by atoms with Crippen molar-refractivity contribution in [1.82, 2.24) is 10.2 Å². The highest BCUT2D eigenvalue weighted by atomic mass is 16.5. The van der Waals surface area contributed by atoms with E-state index in [1.807, 2.05) is 35.2 Å². The van der Waals surface area contributed by atoms with Crippen molar-refractivity contribution in [1.29, 1.82) is 0 Å². The summed E-state index contributed by atoms with van der Waals surface area (Å²) in [4.78, 5) is 14.6. The molecular formula is C24H32N2O6. The van der Waals surface area contributed by atoms with Gasteiger partial charge in [-0.15, -0.1) is 0 Å². The maximum absolute atomic E-state index is 12.5. The van der Waals surface area contributed by atoms with Crippen molar-refractivity contribution in [2.24, 2.45) is 0 Å². The Labute approximate surface area is 189 Å². The van der Waals surface area contributed by atoms with Gasteiger partial charge in [-0.2, -0.15) is 0 Å². The number of nitrogens with one attached hydrogen (secondary N) is 1. The fourth-order valence-electron chi connectivity index (χ4n) is 3.50. The van der Waals surface area contributed by atoms with E-state index in [0.717, 1.165) is 23.5 Å². The van der Waals surface area contributed by atoms with Gasteiger partial charge in [0.05, 0.1) is 20.8 Å². The Kier molecular flexibility index (Phi) is 8.58. The summed E-state index contributed by atoms with van der Waals surface area (Å²) in [5.74, 6) is 2.69. The van der Waals surface area contributed by atoms with Gasteiger partial charge < -0.3 is 29.4 Å². The monoisotopic (exact) mass is 444 g/mol. The van der Waals surface area contributed by atoms with Crippen LogP contribution < -0.4 is 24.3 Å². The van der Waals surface area contributed by atoms with Crippen LogP contribution in [0.1, 0.15) is 18.9 Å². The molecule has 0 saturated carbocycles. The van der Waals surface area contributed by atoms with E-state index in [1.54, 1.807) is 26.4 Å². The second-order valence-corrected chi connectivity index (χ2v) is 7.74. The van der Waals surface area contributed by atoms with E-state index < -0.39 is 6.10 Å². The molecule has 1 amide bonds. The highest BCUT2D eigenvalue weighted by molar-refractivity contribution is 5.78. The number of aliphatic hydroxyl groups is 1. The Bertz CT molecular complexity index is 891. The average Bonchev–Trinajstić information content (AvgIpc) is 2.99. The quantitative estimate of drug-likeness (QED) is 0.581. The molecule has 0 aliphatic carbocycles. The third-order valence-corrected chi connectivity index (χ3v) is 5.26. The first kappa shape index (κ1) is 23.7. The molecule has 8 nitrogen and oxygen atoms in total. The molecule has 3 rings (SSSR count). The van der Waals surface area contributed by atoms with Crippen molar-refractivity contribution >= 4 is 5.91 Å². The smallest absolute Gasteiger partial charge is 0.234 e. The molecule has 8 heteroatoms. The van der Waals surface area contributed by atoms with Gasteiger partial charge in [-0.05, 0) is 36.8 Å². The number of aliphatic hydroxyl groups excluding tert-OH is 1. The number of fused-ring (bicyclic) bond motifs is 1. The van der Waals surface area contributed by atoms with Gasteiger partial charge in [0.1, 0.15) is 41.8 Å². The first-order chi connectivity index (χ1) is 15.5. The number of ether oxygens (including phenoxy) is 4. The maximum atomic E-state index is 12.5. The standard InChI is InChI=1S/C24H32N2O6/c1-4-19-14-26(13-17-10-21(30-3)8-9-23(17)32-19)15-24(28)25-12-18(27)16-31-22-7-5-6-20(11-22)29-2/h5-11,18-19,27H,4,12-16H2,1-3H3,(H,25,28)/t18-,19+/m1/s1. The van der Waals surface area contributed by atoms with Gasteiger partial charge in [-0.3, -0.25) is 9.69 Å². The molecule has 1 aliphatic rings. The molecule has 2 N–H and O–H groups in total. The highest BCUT2D eigenvalue weighted by Crippen LogP contribution is 2.29. The van der Waals surface area contributed by atoms with Crippen molar-refractivity contribution in [2.75, 3.05) is 40.5 Å². The van der Waals surface area contributed by atoms with Gasteiger partial charge in [0, 0.05) is 31.3 Å². The van der Waals surface area contributed by atoms with Gasteiger partial charge in [0.25, 0.3) is 0 Å². The predicted molar refractivity (Wildman–Crippen MR) is 120 cm³/mol. The highest BCUT2D eigenvalue weighted by Gasteiger charge is 2.24. The third kappa shape index (κ3) is 6.77. The van der Waals surface area contributed by atoms with E-state index in [1.165, 1.54) is 0 Å². The second kappa shape index (κ2) is 11.6. The van der Waals surface area contributed by atoms with Crippen molar-refractivity contribution < 1.29 is 28.8 Å². The predicted octanol–water partition coefficient (Wildman–Crippen LogP) is 2.23. The molecule has 32 heavy (non-hydrogen) atoms. The van der Waals surface area contributed by atoms with Crippen LogP contribution in [0.15, 0.2) is 42.5 Å². The minimum atomic E-state index is -0.828. The Morgan fingerprint density at radius 3 is 2.69 bits per heavy atom. The van der Waals surface area contributed by atoms with E-state index in [2.05, 4.69) is 12.2 Å². The molecule has 2 aromatic rings. The Morgan fingerprint density at radius 1 is 1.19 bits per heavy atom. The van der Waals surface area contributed by atoms with Crippen molar-refractivity contribution in [2.45, 2.75) is 32.1 Å². The van der Waals surface area contributed by atoms with Crippen molar-refractivity contribution in [3.05, 3.63) is 48.0 Å². The largest absolute Gasteiger partial charge is 0.497 e. The van der Waals surface area contributed by atoms with Gasteiger partial charge >= 0.3 is 0 Å². The molecule has 0 radical (unpaired) electrons. The van der Waals surface area contributed by atoms with E-state index in [9.17, 15) is 9.90 Å². The zero-order valence-electron chi connectivity index (χ0n) is 18.9. The number of methoxy groups -OCH3 is 2. The summed E-state index contributed by atoms with van der Waals surface area (Å²) in [7, 11) is 3.21. The fourth-order valence-corrected chi connectivity index (χ4v) is 3.50. The number of nitrogens with zero attached hydrogens (tertiary/aromatic N) is 1. The van der Waals surface area contributed by atoms with Gasteiger partial charge in [0.2, 0.25) is 5.91 Å². The van der Waals surface area contributed by atoms with Crippen LogP contribution in [0.25, 0.3) is 0 Å². The number of benzene rings is 2. The molecule has 1 heterocycles. The summed E-state index contributed by atoms with van der Waals surface area (Å²) in [6, 6.07) is 12.9. The number of hydrogen-bond acceptors (Lipinski definition) is 7. The minimum absolute atomic E-state index is 0.000649. The van der Waals surface area contributed by atoms with E-state index in [0.29, 0.717) is 24.6 Å². The van der Waals surface area contributed by atoms with Crippen LogP contribution in [0, 0.1) is 0 Å². The molecule has 174 valence electrons. The molecule has 0 saturated heterocycles. The van der Waals surface area contributed by atoms with Gasteiger partial charge in [-0.25, -0.2) is 0 Å². The summed E-state index contributed by atoms with van der Waals surface area (Å²) in [5.41, 5.74) is 0.986. The van der Waals surface area contributed by atoms with Crippen LogP contribution in [-0.4, -0.2) is 68.6 Å². The van der Waals surface area contributed by atoms with Crippen LogP contribution >= 0.6 is 0 Å². The SMILES string of the molecule is CC[C@H]1CN(CC(=O)NC[C@@H](O)COc2cccc(OC)c2)Cc2cc(OC)ccc2O1. The van der Waals surface area contributed by atoms with Crippen LogP contribution in [0.4, 0.5) is 0 Å². The summed E-state index contributed by atoms with van der Waals surface area (Å²) in [5, 5.41) is 13.0. The molecule has 0 aromatic heterocycles. The molecular weight excluding hydrogens is 412 g/mol. The van der Waals surface area contributed by atoms with Crippen molar-refractivity contribution in [3.63, 3.8) is 0 Å². The summed E-state index contributed by atoms with van der Waals surface area (Å²) in [6.45, 7) is 3.67. The van der Waals surface area contributed by atoms with E-state index in [-0.39, 0.29) is 31.7 Å². The van der Waals surface area contributed by atoms with Crippen molar-refractivity contribution in [3.8, 4) is 23.0 Å². The maximum Gasteiger partial charge on any atom is 0.234 e. The fraction of sp³-hybridized carbons (Fsp3) is 0.458. The molecule has 2 aromatic carbocycles. The zero-order valence-corrected chi connectivity index (χ0v) is 18.9. The minimum Gasteiger partial charge on any atom is -0.497 e. The van der Waals surface area contributed by atoms with Gasteiger partial charge in [-0.1, -0.05) is 13.0 Å². The number of amides is 1. The summed E-state index contributed by atoms with van der Waals surface area (Å²) >= 11 is 0. The average molecular weight is 445 g/mol. The number of carbonyl (C=O) groups is 1. The van der Waals surface area contributed by atoms with Gasteiger partial charge in [0.15, 0.2) is 0 Å². The molecule has 0 bridgehead atoms. The van der Waals surface area contributed by atoms with Crippen LogP contribution in [0.5, 0.6) is 23.0 Å². The lowest BCUT2D eigenvalue weighted by molar-refractivity contribution is -0.123. The number of carbonyl (C=O) groups excluding carboxylic acids is 1. The van der Waals surface area contributed by atoms with E-state index >= 15 is 0 Å². The topological polar surface area (TPSA) is 89.5 Å². The number of rotatable bonds is 10.